The lowest BCUT2D eigenvalue weighted by Gasteiger charge is -2.08. The SMILES string of the molecule is CC(Sc1nnc(SCC(N)=O)s1)c1ccccc1. The molecular weight excluding hydrogens is 298 g/mol. The summed E-state index contributed by atoms with van der Waals surface area (Å²) >= 11 is 4.49. The largest absolute Gasteiger partial charge is 0.369 e. The summed E-state index contributed by atoms with van der Waals surface area (Å²) in [7, 11) is 0. The Morgan fingerprint density at radius 1 is 1.32 bits per heavy atom. The van der Waals surface area contributed by atoms with E-state index >= 15 is 0 Å². The topological polar surface area (TPSA) is 68.9 Å². The molecule has 0 radical (unpaired) electrons. The molecule has 1 atom stereocenters. The van der Waals surface area contributed by atoms with E-state index in [1.807, 2.05) is 18.2 Å². The molecule has 1 heterocycles. The van der Waals surface area contributed by atoms with Gasteiger partial charge in [0.05, 0.1) is 5.75 Å². The molecule has 1 amide bonds. The van der Waals surface area contributed by atoms with E-state index in [2.05, 4.69) is 29.3 Å². The average molecular weight is 311 g/mol. The van der Waals surface area contributed by atoms with Gasteiger partial charge in [0.2, 0.25) is 5.91 Å². The van der Waals surface area contributed by atoms with Gasteiger partial charge in [-0.15, -0.1) is 10.2 Å². The van der Waals surface area contributed by atoms with Gasteiger partial charge < -0.3 is 5.73 Å². The molecule has 1 aromatic heterocycles. The van der Waals surface area contributed by atoms with Gasteiger partial charge in [-0.2, -0.15) is 0 Å². The van der Waals surface area contributed by atoms with Gasteiger partial charge in [-0.25, -0.2) is 0 Å². The first-order valence-electron chi connectivity index (χ1n) is 5.61. The van der Waals surface area contributed by atoms with Gasteiger partial charge in [0.25, 0.3) is 0 Å². The van der Waals surface area contributed by atoms with Gasteiger partial charge in [-0.05, 0) is 12.5 Å². The maximum absolute atomic E-state index is 10.7. The first-order chi connectivity index (χ1) is 9.15. The van der Waals surface area contributed by atoms with Crippen LogP contribution in [-0.2, 0) is 4.79 Å². The van der Waals surface area contributed by atoms with Crippen molar-refractivity contribution in [3.05, 3.63) is 35.9 Å². The Morgan fingerprint density at radius 2 is 2.00 bits per heavy atom. The summed E-state index contributed by atoms with van der Waals surface area (Å²) in [6.45, 7) is 2.14. The minimum absolute atomic E-state index is 0.244. The summed E-state index contributed by atoms with van der Waals surface area (Å²) in [6.07, 6.45) is 0. The molecule has 0 aliphatic carbocycles. The van der Waals surface area contributed by atoms with Crippen molar-refractivity contribution in [3.8, 4) is 0 Å². The number of hydrogen-bond donors (Lipinski definition) is 1. The van der Waals surface area contributed by atoms with Crippen molar-refractivity contribution >= 4 is 40.8 Å². The predicted molar refractivity (Wildman–Crippen MR) is 80.5 cm³/mol. The van der Waals surface area contributed by atoms with Crippen LogP contribution in [0.5, 0.6) is 0 Å². The molecular formula is C12H13N3OS3. The second-order valence-corrected chi connectivity index (χ2v) is 7.55. The lowest BCUT2D eigenvalue weighted by molar-refractivity contribution is -0.115. The van der Waals surface area contributed by atoms with Crippen molar-refractivity contribution in [2.24, 2.45) is 5.73 Å². The fraction of sp³-hybridized carbons (Fsp3) is 0.250. The van der Waals surface area contributed by atoms with Crippen LogP contribution in [0.4, 0.5) is 0 Å². The highest BCUT2D eigenvalue weighted by Gasteiger charge is 2.12. The van der Waals surface area contributed by atoms with Gasteiger partial charge in [0.1, 0.15) is 0 Å². The number of carbonyl (C=O) groups excluding carboxylic acids is 1. The fourth-order valence-corrected chi connectivity index (χ4v) is 4.41. The maximum atomic E-state index is 10.7. The molecule has 1 unspecified atom stereocenters. The highest BCUT2D eigenvalue weighted by atomic mass is 32.2. The molecule has 0 aliphatic rings. The number of nitrogens with two attached hydrogens (primary N) is 1. The van der Waals surface area contributed by atoms with Crippen LogP contribution in [0.15, 0.2) is 39.0 Å². The van der Waals surface area contributed by atoms with Crippen molar-refractivity contribution < 1.29 is 4.79 Å². The van der Waals surface area contributed by atoms with E-state index in [0.29, 0.717) is 5.25 Å². The Hall–Kier alpha value is -1.05. The van der Waals surface area contributed by atoms with Crippen LogP contribution >= 0.6 is 34.9 Å². The molecule has 2 aromatic rings. The van der Waals surface area contributed by atoms with E-state index < -0.39 is 0 Å². The Kier molecular flexibility index (Phi) is 5.24. The number of primary amides is 1. The molecule has 0 aliphatic heterocycles. The first kappa shape index (κ1) is 14.4. The lowest BCUT2D eigenvalue weighted by atomic mass is 10.2. The number of rotatable bonds is 6. The molecule has 2 N–H and O–H groups in total. The third kappa shape index (κ3) is 4.52. The molecule has 2 rings (SSSR count). The van der Waals surface area contributed by atoms with Crippen molar-refractivity contribution in [2.45, 2.75) is 20.9 Å². The van der Waals surface area contributed by atoms with Crippen LogP contribution < -0.4 is 5.73 Å². The van der Waals surface area contributed by atoms with E-state index in [1.165, 1.54) is 28.7 Å². The molecule has 0 spiro atoms. The third-order valence-electron chi connectivity index (χ3n) is 2.27. The summed E-state index contributed by atoms with van der Waals surface area (Å²) in [6, 6.07) is 10.3. The maximum Gasteiger partial charge on any atom is 0.227 e. The summed E-state index contributed by atoms with van der Waals surface area (Å²) in [4.78, 5) is 10.7. The highest BCUT2D eigenvalue weighted by Crippen LogP contribution is 2.37. The molecule has 19 heavy (non-hydrogen) atoms. The van der Waals surface area contributed by atoms with Gasteiger partial charge in [-0.1, -0.05) is 65.2 Å². The summed E-state index contributed by atoms with van der Waals surface area (Å²) < 4.78 is 1.69. The Labute approximate surface area is 124 Å². The van der Waals surface area contributed by atoms with Crippen LogP contribution in [0.3, 0.4) is 0 Å². The average Bonchev–Trinajstić information content (AvgIpc) is 2.85. The first-order valence-corrected chi connectivity index (χ1v) is 8.29. The molecule has 100 valence electrons. The van der Waals surface area contributed by atoms with E-state index in [0.717, 1.165) is 8.68 Å². The molecule has 7 heteroatoms. The van der Waals surface area contributed by atoms with Gasteiger partial charge in [0, 0.05) is 5.25 Å². The number of hydrogen-bond acceptors (Lipinski definition) is 6. The zero-order valence-electron chi connectivity index (χ0n) is 10.3. The summed E-state index contributed by atoms with van der Waals surface area (Å²) in [5.41, 5.74) is 6.35. The van der Waals surface area contributed by atoms with Crippen LogP contribution in [0.2, 0.25) is 0 Å². The normalized spacial score (nSPS) is 12.3. The molecule has 0 fully saturated rings. The summed E-state index contributed by atoms with van der Waals surface area (Å²) in [5, 5.41) is 8.48. The smallest absolute Gasteiger partial charge is 0.227 e. The Balaban J connectivity index is 1.94. The van der Waals surface area contributed by atoms with Crippen molar-refractivity contribution in [1.82, 2.24) is 10.2 Å². The van der Waals surface area contributed by atoms with E-state index in [1.54, 1.807) is 11.8 Å². The van der Waals surface area contributed by atoms with Gasteiger partial charge in [0.15, 0.2) is 8.68 Å². The quantitative estimate of drug-likeness (QED) is 0.831. The minimum atomic E-state index is -0.341. The fourth-order valence-electron chi connectivity index (χ4n) is 1.38. The number of aromatic nitrogens is 2. The standard InChI is InChI=1S/C12H13N3OS3/c1-8(9-5-3-2-4-6-9)18-12-15-14-11(19-12)17-7-10(13)16/h2-6,8H,7H2,1H3,(H2,13,16). The van der Waals surface area contributed by atoms with Crippen LogP contribution in [0, 0.1) is 0 Å². The highest BCUT2D eigenvalue weighted by molar-refractivity contribution is 8.03. The third-order valence-corrected chi connectivity index (χ3v) is 5.59. The van der Waals surface area contributed by atoms with E-state index in [9.17, 15) is 4.79 Å². The monoisotopic (exact) mass is 311 g/mol. The minimum Gasteiger partial charge on any atom is -0.369 e. The number of nitrogens with zero attached hydrogens (tertiary/aromatic N) is 2. The Bertz CT molecular complexity index is 544. The van der Waals surface area contributed by atoms with Crippen LogP contribution in [-0.4, -0.2) is 21.9 Å². The number of amides is 1. The van der Waals surface area contributed by atoms with E-state index in [-0.39, 0.29) is 11.7 Å². The van der Waals surface area contributed by atoms with E-state index in [4.69, 9.17) is 5.73 Å². The molecule has 1 aromatic carbocycles. The van der Waals surface area contributed by atoms with Gasteiger partial charge >= 0.3 is 0 Å². The molecule has 0 saturated carbocycles. The number of carbonyl (C=O) groups is 1. The van der Waals surface area contributed by atoms with Crippen molar-refractivity contribution in [1.29, 1.82) is 0 Å². The Morgan fingerprint density at radius 3 is 2.68 bits per heavy atom. The zero-order chi connectivity index (χ0) is 13.7. The molecule has 0 bridgehead atoms. The van der Waals surface area contributed by atoms with Gasteiger partial charge in [-0.3, -0.25) is 4.79 Å². The number of benzene rings is 1. The van der Waals surface area contributed by atoms with Crippen LogP contribution in [0.1, 0.15) is 17.7 Å². The zero-order valence-corrected chi connectivity index (χ0v) is 12.7. The lowest BCUT2D eigenvalue weighted by Crippen LogP contribution is -2.12. The summed E-state index contributed by atoms with van der Waals surface area (Å²) in [5.74, 6) is -0.0971. The second-order valence-electron chi connectivity index (χ2n) is 3.76. The van der Waals surface area contributed by atoms with Crippen molar-refractivity contribution in [2.75, 3.05) is 5.75 Å². The molecule has 0 saturated heterocycles. The van der Waals surface area contributed by atoms with Crippen molar-refractivity contribution in [3.63, 3.8) is 0 Å². The predicted octanol–water partition coefficient (Wildman–Crippen LogP) is 2.97. The second kappa shape index (κ2) is 6.93. The molecule has 4 nitrogen and oxygen atoms in total. The number of thioether (sulfide) groups is 2. The van der Waals surface area contributed by atoms with Crippen LogP contribution in [0.25, 0.3) is 0 Å².